The zero-order chi connectivity index (χ0) is 22.2. The maximum Gasteiger partial charge on any atom is 0.256 e. The second-order valence-electron chi connectivity index (χ2n) is 8.52. The zero-order valence-electron chi connectivity index (χ0n) is 17.3. The van der Waals surface area contributed by atoms with E-state index < -0.39 is 5.60 Å². The Kier molecular flexibility index (Phi) is 5.66. The molecule has 1 aliphatic rings. The molecule has 1 fully saturated rings. The van der Waals surface area contributed by atoms with Gasteiger partial charge in [-0.1, -0.05) is 36.4 Å². The summed E-state index contributed by atoms with van der Waals surface area (Å²) in [4.78, 5) is 28.1. The lowest BCUT2D eigenvalue weighted by atomic mass is 9.91. The Labute approximate surface area is 179 Å². The van der Waals surface area contributed by atoms with Crippen molar-refractivity contribution in [2.24, 2.45) is 0 Å². The van der Waals surface area contributed by atoms with Crippen molar-refractivity contribution in [2.75, 3.05) is 13.2 Å². The molecule has 1 aromatic heterocycles. The number of rotatable bonds is 6. The molecular weight excluding hydrogens is 396 g/mol. The Morgan fingerprint density at radius 2 is 1.87 bits per heavy atom. The van der Waals surface area contributed by atoms with Gasteiger partial charge in [0.1, 0.15) is 0 Å². The Balaban J connectivity index is 1.73. The summed E-state index contributed by atoms with van der Waals surface area (Å²) in [7, 11) is 0. The number of pyridine rings is 1. The lowest BCUT2D eigenvalue weighted by molar-refractivity contribution is -0.120. The third kappa shape index (κ3) is 4.25. The minimum absolute atomic E-state index is 0.109. The van der Waals surface area contributed by atoms with E-state index in [1.54, 1.807) is 13.0 Å². The van der Waals surface area contributed by atoms with Crippen LogP contribution in [0, 0.1) is 0 Å². The van der Waals surface area contributed by atoms with Crippen molar-refractivity contribution < 1.29 is 20.1 Å². The van der Waals surface area contributed by atoms with Crippen LogP contribution >= 0.6 is 0 Å². The minimum Gasteiger partial charge on any atom is -0.394 e. The second kappa shape index (κ2) is 8.26. The van der Waals surface area contributed by atoms with Gasteiger partial charge >= 0.3 is 0 Å². The monoisotopic (exact) mass is 422 g/mol. The molecule has 3 atom stereocenters. The molecule has 0 aliphatic carbocycles. The minimum atomic E-state index is -1.27. The first-order valence-corrected chi connectivity index (χ1v) is 10.3. The number of aromatic amines is 1. The summed E-state index contributed by atoms with van der Waals surface area (Å²) in [5.74, 6) is -0.529. The van der Waals surface area contributed by atoms with E-state index in [1.807, 2.05) is 42.5 Å². The fourth-order valence-electron chi connectivity index (χ4n) is 4.20. The number of aromatic nitrogens is 1. The Bertz CT molecular complexity index is 1180. The molecular formula is C24H26N2O5. The number of nitrogens with one attached hydrogen (secondary N) is 2. The third-order valence-corrected chi connectivity index (χ3v) is 5.90. The summed E-state index contributed by atoms with van der Waals surface area (Å²) in [5, 5.41) is 33.0. The number of H-pyrrole nitrogens is 1. The SMILES string of the molecule is CC(O)(CO)Cc1ccccc1-c1cc2ccc([C@H]3CC(CO)NC3=O)cc2c(=O)[nH]1. The van der Waals surface area contributed by atoms with Crippen LogP contribution in [0.5, 0.6) is 0 Å². The van der Waals surface area contributed by atoms with Gasteiger partial charge in [0.15, 0.2) is 0 Å². The van der Waals surface area contributed by atoms with Gasteiger partial charge in [0.2, 0.25) is 5.91 Å². The van der Waals surface area contributed by atoms with E-state index in [0.29, 0.717) is 17.5 Å². The maximum absolute atomic E-state index is 12.9. The first kappa shape index (κ1) is 21.2. The summed E-state index contributed by atoms with van der Waals surface area (Å²) in [6, 6.07) is 14.5. The lowest BCUT2D eigenvalue weighted by Gasteiger charge is -2.22. The van der Waals surface area contributed by atoms with Crippen molar-refractivity contribution in [1.82, 2.24) is 10.3 Å². The second-order valence-corrected chi connectivity index (χ2v) is 8.52. The predicted molar refractivity (Wildman–Crippen MR) is 118 cm³/mol. The zero-order valence-corrected chi connectivity index (χ0v) is 17.3. The van der Waals surface area contributed by atoms with Crippen molar-refractivity contribution in [2.45, 2.75) is 37.3 Å². The molecule has 0 saturated carbocycles. The molecule has 1 saturated heterocycles. The summed E-state index contributed by atoms with van der Waals surface area (Å²) < 4.78 is 0. The number of carbonyl (C=O) groups is 1. The largest absolute Gasteiger partial charge is 0.394 e. The first-order chi connectivity index (χ1) is 14.8. The Morgan fingerprint density at radius 3 is 2.58 bits per heavy atom. The quantitative estimate of drug-likeness (QED) is 0.411. The van der Waals surface area contributed by atoms with Gasteiger partial charge in [-0.05, 0) is 42.0 Å². The van der Waals surface area contributed by atoms with Crippen LogP contribution in [-0.4, -0.2) is 51.1 Å². The van der Waals surface area contributed by atoms with E-state index in [-0.39, 0.29) is 43.1 Å². The molecule has 5 N–H and O–H groups in total. The number of carbonyl (C=O) groups excluding carboxylic acids is 1. The van der Waals surface area contributed by atoms with Crippen molar-refractivity contribution in [1.29, 1.82) is 0 Å². The molecule has 2 heterocycles. The third-order valence-electron chi connectivity index (χ3n) is 5.90. The van der Waals surface area contributed by atoms with Crippen LogP contribution in [-0.2, 0) is 11.2 Å². The molecule has 31 heavy (non-hydrogen) atoms. The van der Waals surface area contributed by atoms with Gasteiger partial charge in [0.05, 0.1) is 30.8 Å². The molecule has 0 spiro atoms. The van der Waals surface area contributed by atoms with Crippen LogP contribution in [0.25, 0.3) is 22.0 Å². The van der Waals surface area contributed by atoms with Gasteiger partial charge in [-0.3, -0.25) is 9.59 Å². The van der Waals surface area contributed by atoms with Gasteiger partial charge in [0, 0.05) is 23.1 Å². The van der Waals surface area contributed by atoms with Gasteiger partial charge in [-0.15, -0.1) is 0 Å². The number of aliphatic hydroxyl groups is 3. The van der Waals surface area contributed by atoms with E-state index >= 15 is 0 Å². The van der Waals surface area contributed by atoms with Crippen molar-refractivity contribution in [3.05, 3.63) is 70.0 Å². The molecule has 1 aliphatic heterocycles. The lowest BCUT2D eigenvalue weighted by Crippen LogP contribution is -2.31. The fraction of sp³-hybridized carbons (Fsp3) is 0.333. The molecule has 7 heteroatoms. The first-order valence-electron chi connectivity index (χ1n) is 10.3. The smallest absolute Gasteiger partial charge is 0.256 e. The number of amides is 1. The number of benzene rings is 2. The van der Waals surface area contributed by atoms with E-state index in [4.69, 9.17) is 0 Å². The highest BCUT2D eigenvalue weighted by Gasteiger charge is 2.32. The molecule has 2 aromatic carbocycles. The molecule has 3 aromatic rings. The molecule has 7 nitrogen and oxygen atoms in total. The van der Waals surface area contributed by atoms with Crippen LogP contribution in [0.1, 0.15) is 30.4 Å². The van der Waals surface area contributed by atoms with Crippen molar-refractivity contribution in [3.8, 4) is 11.3 Å². The van der Waals surface area contributed by atoms with E-state index in [1.165, 1.54) is 0 Å². The number of aliphatic hydroxyl groups excluding tert-OH is 2. The molecule has 4 rings (SSSR count). The molecule has 162 valence electrons. The number of hydrogen-bond donors (Lipinski definition) is 5. The van der Waals surface area contributed by atoms with E-state index in [0.717, 1.165) is 22.1 Å². The number of hydrogen-bond acceptors (Lipinski definition) is 5. The summed E-state index contributed by atoms with van der Waals surface area (Å²) in [6.07, 6.45) is 0.733. The highest BCUT2D eigenvalue weighted by molar-refractivity contribution is 5.90. The van der Waals surface area contributed by atoms with Gasteiger partial charge in [-0.2, -0.15) is 0 Å². The normalized spacial score (nSPS) is 20.6. The molecule has 1 amide bonds. The van der Waals surface area contributed by atoms with Crippen LogP contribution in [0.2, 0.25) is 0 Å². The summed E-state index contributed by atoms with van der Waals surface area (Å²) >= 11 is 0. The van der Waals surface area contributed by atoms with E-state index in [9.17, 15) is 24.9 Å². The Hall–Kier alpha value is -3.00. The standard InChI is InChI=1S/C24H26N2O5/c1-24(31,13-28)11-16-4-2-3-5-18(16)21-9-15-7-6-14(8-19(15)23(30)26-21)20-10-17(12-27)25-22(20)29/h2-9,17,20,27-28,31H,10-13H2,1H3,(H,25,29)(H,26,30)/t17?,20-,24?/m1/s1. The molecule has 0 radical (unpaired) electrons. The predicted octanol–water partition coefficient (Wildman–Crippen LogP) is 1.45. The van der Waals surface area contributed by atoms with Crippen molar-refractivity contribution >= 4 is 16.7 Å². The number of fused-ring (bicyclic) bond motifs is 1. The summed E-state index contributed by atoms with van der Waals surface area (Å²) in [5.41, 5.74) is 1.42. The van der Waals surface area contributed by atoms with Gasteiger partial charge in [0.25, 0.3) is 5.56 Å². The highest BCUT2D eigenvalue weighted by atomic mass is 16.3. The average Bonchev–Trinajstić information content (AvgIpc) is 3.14. The average molecular weight is 422 g/mol. The van der Waals surface area contributed by atoms with Crippen LogP contribution in [0.3, 0.4) is 0 Å². The molecule has 0 bridgehead atoms. The maximum atomic E-state index is 12.9. The van der Waals surface area contributed by atoms with E-state index in [2.05, 4.69) is 10.3 Å². The summed E-state index contributed by atoms with van der Waals surface area (Å²) in [6.45, 7) is 1.08. The van der Waals surface area contributed by atoms with Crippen LogP contribution in [0.15, 0.2) is 53.3 Å². The highest BCUT2D eigenvalue weighted by Crippen LogP contribution is 2.30. The Morgan fingerprint density at radius 1 is 1.10 bits per heavy atom. The van der Waals surface area contributed by atoms with Gasteiger partial charge in [-0.25, -0.2) is 0 Å². The molecule has 2 unspecified atom stereocenters. The topological polar surface area (TPSA) is 123 Å². The van der Waals surface area contributed by atoms with Crippen molar-refractivity contribution in [3.63, 3.8) is 0 Å². The van der Waals surface area contributed by atoms with Gasteiger partial charge < -0.3 is 25.6 Å². The van der Waals surface area contributed by atoms with Crippen LogP contribution < -0.4 is 10.9 Å². The fourth-order valence-corrected chi connectivity index (χ4v) is 4.20. The van der Waals surface area contributed by atoms with Crippen LogP contribution in [0.4, 0.5) is 0 Å².